The molecule has 8 nitrogen and oxygen atoms in total. The summed E-state index contributed by atoms with van der Waals surface area (Å²) in [5.74, 6) is 0.834. The Bertz CT molecular complexity index is 1890. The van der Waals surface area contributed by atoms with Gasteiger partial charge in [-0.2, -0.15) is 5.10 Å². The summed E-state index contributed by atoms with van der Waals surface area (Å²) in [5.41, 5.74) is 9.16. The number of amides is 1. The number of rotatable bonds is 5. The molecule has 6 heterocycles. The maximum Gasteiger partial charge on any atom is 0.227 e. The summed E-state index contributed by atoms with van der Waals surface area (Å²) in [6.45, 7) is 0.851. The molecule has 0 unspecified atom stereocenters. The lowest BCUT2D eigenvalue weighted by atomic mass is 9.85. The van der Waals surface area contributed by atoms with Crippen LogP contribution in [0.2, 0.25) is 0 Å². The number of pyridine rings is 2. The van der Waals surface area contributed by atoms with E-state index in [-0.39, 0.29) is 17.6 Å². The van der Waals surface area contributed by atoms with Gasteiger partial charge in [0.05, 0.1) is 35.3 Å². The number of aromatic amines is 2. The molecule has 1 saturated carbocycles. The van der Waals surface area contributed by atoms with Crippen molar-refractivity contribution in [3.8, 4) is 22.6 Å². The van der Waals surface area contributed by atoms with E-state index in [1.165, 1.54) is 11.8 Å². The zero-order valence-electron chi connectivity index (χ0n) is 21.4. The monoisotopic (exact) mass is 529 g/mol. The number of nitrogens with one attached hydrogen (secondary N) is 3. The summed E-state index contributed by atoms with van der Waals surface area (Å²) in [4.78, 5) is 27.5. The Morgan fingerprint density at radius 1 is 1.05 bits per heavy atom. The SMILES string of the molecule is O=C(Nc1cncc(-c2ccc3[nH]nc(-c4cc5c([nH]4)N4CC4=CC=C5c4cccc(F)c4)c3n2)c1)C1CCC1. The second-order valence-electron chi connectivity index (χ2n) is 10.5. The van der Waals surface area contributed by atoms with Crippen LogP contribution in [0.25, 0.3) is 39.3 Å². The summed E-state index contributed by atoms with van der Waals surface area (Å²) in [6.07, 6.45) is 10.5. The second kappa shape index (κ2) is 8.74. The van der Waals surface area contributed by atoms with E-state index in [2.05, 4.69) is 48.6 Å². The lowest BCUT2D eigenvalue weighted by Crippen LogP contribution is -2.28. The van der Waals surface area contributed by atoms with E-state index in [1.807, 2.05) is 24.3 Å². The van der Waals surface area contributed by atoms with Gasteiger partial charge in [0.2, 0.25) is 5.91 Å². The first kappa shape index (κ1) is 22.9. The average Bonchev–Trinajstić information content (AvgIpc) is 3.41. The summed E-state index contributed by atoms with van der Waals surface area (Å²) < 4.78 is 14.1. The zero-order chi connectivity index (χ0) is 26.8. The van der Waals surface area contributed by atoms with Crippen molar-refractivity contribution >= 4 is 34.0 Å². The smallest absolute Gasteiger partial charge is 0.227 e. The Hall–Kier alpha value is -5.05. The van der Waals surface area contributed by atoms with Crippen molar-refractivity contribution in [2.24, 2.45) is 5.92 Å². The van der Waals surface area contributed by atoms with E-state index in [0.29, 0.717) is 11.4 Å². The Morgan fingerprint density at radius 2 is 1.98 bits per heavy atom. The molecule has 9 heteroatoms. The van der Waals surface area contributed by atoms with Gasteiger partial charge in [0.1, 0.15) is 22.8 Å². The fourth-order valence-electron chi connectivity index (χ4n) is 5.47. The first-order valence-electron chi connectivity index (χ1n) is 13.4. The number of carbonyl (C=O) groups is 1. The van der Waals surface area contributed by atoms with Crippen LogP contribution in [0, 0.1) is 11.7 Å². The molecule has 0 bridgehead atoms. The van der Waals surface area contributed by atoms with Crippen molar-refractivity contribution in [2.45, 2.75) is 19.3 Å². The summed E-state index contributed by atoms with van der Waals surface area (Å²) >= 11 is 0. The van der Waals surface area contributed by atoms with Gasteiger partial charge in [0.25, 0.3) is 0 Å². The predicted octanol–water partition coefficient (Wildman–Crippen LogP) is 6.04. The molecule has 5 aromatic rings. The Balaban J connectivity index is 1.17. The number of anilines is 2. The van der Waals surface area contributed by atoms with Crippen molar-refractivity contribution in [1.82, 2.24) is 25.1 Å². The summed E-state index contributed by atoms with van der Waals surface area (Å²) in [6, 6.07) is 14.5. The van der Waals surface area contributed by atoms with Gasteiger partial charge in [-0.15, -0.1) is 0 Å². The normalized spacial score (nSPS) is 16.0. The van der Waals surface area contributed by atoms with Crippen LogP contribution in [0.3, 0.4) is 0 Å². The molecule has 0 radical (unpaired) electrons. The van der Waals surface area contributed by atoms with Crippen LogP contribution in [0.4, 0.5) is 15.9 Å². The van der Waals surface area contributed by atoms with Crippen molar-refractivity contribution in [3.63, 3.8) is 0 Å². The molecule has 0 spiro atoms. The van der Waals surface area contributed by atoms with Gasteiger partial charge >= 0.3 is 0 Å². The maximum atomic E-state index is 14.1. The maximum absolute atomic E-state index is 14.1. The van der Waals surface area contributed by atoms with Gasteiger partial charge in [-0.3, -0.25) is 14.9 Å². The number of nitrogens with zero attached hydrogens (tertiary/aromatic N) is 4. The average molecular weight is 530 g/mol. The molecule has 3 N–H and O–H groups in total. The molecule has 2 fully saturated rings. The summed E-state index contributed by atoms with van der Waals surface area (Å²) in [5, 5.41) is 10.7. The highest BCUT2D eigenvalue weighted by molar-refractivity contribution is 5.96. The van der Waals surface area contributed by atoms with E-state index in [4.69, 9.17) is 4.98 Å². The Labute approximate surface area is 228 Å². The van der Waals surface area contributed by atoms with Crippen molar-refractivity contribution in [2.75, 3.05) is 16.8 Å². The highest BCUT2D eigenvalue weighted by atomic mass is 19.1. The van der Waals surface area contributed by atoms with Crippen LogP contribution in [0.5, 0.6) is 0 Å². The molecule has 2 aliphatic heterocycles. The van der Waals surface area contributed by atoms with Gasteiger partial charge in [-0.25, -0.2) is 9.37 Å². The molecule has 0 atom stereocenters. The highest BCUT2D eigenvalue weighted by Crippen LogP contribution is 2.44. The van der Waals surface area contributed by atoms with E-state index in [0.717, 1.165) is 76.3 Å². The molecule has 3 aliphatic rings. The number of benzene rings is 1. The van der Waals surface area contributed by atoms with Gasteiger partial charge in [0.15, 0.2) is 0 Å². The fourth-order valence-corrected chi connectivity index (χ4v) is 5.47. The minimum absolute atomic E-state index is 0.0494. The molecule has 8 rings (SSSR count). The van der Waals surface area contributed by atoms with E-state index >= 15 is 0 Å². The number of H-pyrrole nitrogens is 2. The second-order valence-corrected chi connectivity index (χ2v) is 10.5. The Kier molecular flexibility index (Phi) is 5.00. The van der Waals surface area contributed by atoms with Crippen LogP contribution in [0.1, 0.15) is 30.4 Å². The van der Waals surface area contributed by atoms with Crippen LogP contribution >= 0.6 is 0 Å². The molecule has 1 amide bonds. The van der Waals surface area contributed by atoms with Crippen molar-refractivity contribution in [3.05, 3.63) is 95.7 Å². The number of hydrogen-bond donors (Lipinski definition) is 3. The standard InChI is InChI=1S/C31H24FN7O/c32-20-6-2-5-18(11-20)23-8-7-22-16-39(22)30-24(23)13-27(36-30)29-28-26(37-38-29)10-9-25(35-28)19-12-21(15-33-14-19)34-31(40)17-3-1-4-17/h2,5-15,17,36H,1,3-4,16H2,(H,34,40)(H,37,38). The highest BCUT2D eigenvalue weighted by Gasteiger charge is 2.34. The van der Waals surface area contributed by atoms with Gasteiger partial charge in [0, 0.05) is 28.9 Å². The zero-order valence-corrected chi connectivity index (χ0v) is 21.4. The molecule has 4 aromatic heterocycles. The number of aromatic nitrogens is 5. The third-order valence-electron chi connectivity index (χ3n) is 7.94. The summed E-state index contributed by atoms with van der Waals surface area (Å²) in [7, 11) is 0. The molecular weight excluding hydrogens is 505 g/mol. The number of carbonyl (C=O) groups excluding carboxylic acids is 1. The first-order valence-corrected chi connectivity index (χ1v) is 13.4. The van der Waals surface area contributed by atoms with Crippen LogP contribution in [-0.2, 0) is 4.79 Å². The fraction of sp³-hybridized carbons (Fsp3) is 0.161. The van der Waals surface area contributed by atoms with Crippen molar-refractivity contribution < 1.29 is 9.18 Å². The molecule has 40 heavy (non-hydrogen) atoms. The molecule has 196 valence electrons. The van der Waals surface area contributed by atoms with Crippen LogP contribution in [0.15, 0.2) is 78.8 Å². The molecule has 1 aliphatic carbocycles. The quantitative estimate of drug-likeness (QED) is 0.241. The van der Waals surface area contributed by atoms with Crippen LogP contribution < -0.4 is 10.2 Å². The predicted molar refractivity (Wildman–Crippen MR) is 152 cm³/mol. The van der Waals surface area contributed by atoms with Gasteiger partial charge < -0.3 is 15.2 Å². The van der Waals surface area contributed by atoms with E-state index in [1.54, 1.807) is 24.5 Å². The van der Waals surface area contributed by atoms with Gasteiger partial charge in [-0.1, -0.05) is 24.6 Å². The molecular formula is C31H24FN7O. The van der Waals surface area contributed by atoms with E-state index < -0.39 is 0 Å². The van der Waals surface area contributed by atoms with Crippen LogP contribution in [-0.4, -0.2) is 37.6 Å². The number of allylic oxidation sites excluding steroid dienone is 2. The minimum Gasteiger partial charge on any atom is -0.339 e. The van der Waals surface area contributed by atoms with E-state index in [9.17, 15) is 9.18 Å². The number of fused-ring (bicyclic) bond motifs is 4. The largest absolute Gasteiger partial charge is 0.339 e. The third kappa shape index (κ3) is 3.81. The lowest BCUT2D eigenvalue weighted by molar-refractivity contribution is -0.122. The Morgan fingerprint density at radius 3 is 2.83 bits per heavy atom. The number of hydrogen-bond acceptors (Lipinski definition) is 5. The molecule has 1 aromatic carbocycles. The lowest BCUT2D eigenvalue weighted by Gasteiger charge is -2.24. The third-order valence-corrected chi connectivity index (χ3v) is 7.94. The first-order chi connectivity index (χ1) is 19.6. The topological polar surface area (TPSA) is 102 Å². The molecule has 1 saturated heterocycles. The number of halogens is 1. The van der Waals surface area contributed by atoms with Crippen molar-refractivity contribution in [1.29, 1.82) is 0 Å². The minimum atomic E-state index is -0.269. The van der Waals surface area contributed by atoms with Gasteiger partial charge in [-0.05, 0) is 66.5 Å².